The van der Waals surface area contributed by atoms with Crippen molar-refractivity contribution in [3.05, 3.63) is 57.8 Å². The van der Waals surface area contributed by atoms with E-state index >= 15 is 0 Å². The van der Waals surface area contributed by atoms with Crippen LogP contribution in [0.3, 0.4) is 0 Å². The van der Waals surface area contributed by atoms with Crippen LogP contribution in [0.15, 0.2) is 41.8 Å². The minimum absolute atomic E-state index is 0. The first-order valence-electron chi connectivity index (χ1n) is 7.93. The molecule has 1 amide bonds. The highest BCUT2D eigenvalue weighted by atomic mass is 35.5. The van der Waals surface area contributed by atoms with Crippen LogP contribution in [0.5, 0.6) is 0 Å². The molecule has 0 aliphatic carbocycles. The molecule has 1 aromatic heterocycles. The molecule has 2 unspecified atom stereocenters. The van der Waals surface area contributed by atoms with E-state index in [4.69, 9.17) is 0 Å². The van der Waals surface area contributed by atoms with Gasteiger partial charge in [-0.3, -0.25) is 4.79 Å². The van der Waals surface area contributed by atoms with E-state index in [-0.39, 0.29) is 42.8 Å². The predicted molar refractivity (Wildman–Crippen MR) is 109 cm³/mol. The minimum atomic E-state index is -0.143. The molecule has 2 aromatic rings. The molecule has 1 aliphatic rings. The fourth-order valence-electron chi connectivity index (χ4n) is 2.98. The van der Waals surface area contributed by atoms with Crippen molar-refractivity contribution in [1.82, 2.24) is 15.5 Å². The molecule has 0 saturated heterocycles. The summed E-state index contributed by atoms with van der Waals surface area (Å²) < 4.78 is 0. The van der Waals surface area contributed by atoms with Crippen LogP contribution in [0, 0.1) is 0 Å². The molecule has 0 spiro atoms. The summed E-state index contributed by atoms with van der Waals surface area (Å²) in [7, 11) is 4.09. The van der Waals surface area contributed by atoms with Gasteiger partial charge in [-0.25, -0.2) is 0 Å². The Morgan fingerprint density at radius 2 is 1.96 bits per heavy atom. The lowest BCUT2D eigenvalue weighted by Crippen LogP contribution is -2.49. The maximum absolute atomic E-state index is 12.5. The fraction of sp³-hybridized carbons (Fsp3) is 0.389. The topological polar surface area (TPSA) is 44.4 Å². The van der Waals surface area contributed by atoms with Crippen LogP contribution in [0.4, 0.5) is 0 Å². The SMILES string of the molecule is CN(C)C(CNC(=O)C1Cc2ccccc2CN1)c1cccs1.Cl.Cl. The second kappa shape index (κ2) is 10.1. The highest BCUT2D eigenvalue weighted by Crippen LogP contribution is 2.22. The summed E-state index contributed by atoms with van der Waals surface area (Å²) in [5.41, 5.74) is 2.56. The average molecular weight is 402 g/mol. The third kappa shape index (κ3) is 5.43. The van der Waals surface area contributed by atoms with E-state index in [0.717, 1.165) is 13.0 Å². The van der Waals surface area contributed by atoms with Crippen molar-refractivity contribution in [2.24, 2.45) is 0 Å². The number of hydrogen-bond donors (Lipinski definition) is 2. The number of benzene rings is 1. The van der Waals surface area contributed by atoms with Crippen LogP contribution in [0.2, 0.25) is 0 Å². The molecular weight excluding hydrogens is 377 g/mol. The molecule has 7 heteroatoms. The van der Waals surface area contributed by atoms with Gasteiger partial charge in [0.15, 0.2) is 0 Å². The first kappa shape index (κ1) is 21.9. The lowest BCUT2D eigenvalue weighted by Gasteiger charge is -2.28. The molecule has 4 nitrogen and oxygen atoms in total. The van der Waals surface area contributed by atoms with E-state index in [1.807, 2.05) is 26.2 Å². The summed E-state index contributed by atoms with van der Waals surface area (Å²) in [5.74, 6) is 0.0860. The smallest absolute Gasteiger partial charge is 0.237 e. The van der Waals surface area contributed by atoms with Gasteiger partial charge in [-0.1, -0.05) is 30.3 Å². The first-order chi connectivity index (χ1) is 11.1. The first-order valence-corrected chi connectivity index (χ1v) is 8.81. The molecule has 3 rings (SSSR count). The third-order valence-electron chi connectivity index (χ3n) is 4.36. The fourth-order valence-corrected chi connectivity index (χ4v) is 3.90. The second-order valence-corrected chi connectivity index (χ2v) is 7.13. The summed E-state index contributed by atoms with van der Waals surface area (Å²) >= 11 is 1.73. The highest BCUT2D eigenvalue weighted by molar-refractivity contribution is 7.10. The van der Waals surface area contributed by atoms with E-state index < -0.39 is 0 Å². The van der Waals surface area contributed by atoms with Crippen LogP contribution < -0.4 is 10.6 Å². The van der Waals surface area contributed by atoms with E-state index in [0.29, 0.717) is 6.54 Å². The number of nitrogens with one attached hydrogen (secondary N) is 2. The Morgan fingerprint density at radius 3 is 2.60 bits per heavy atom. The zero-order chi connectivity index (χ0) is 16.2. The number of halogens is 2. The van der Waals surface area contributed by atoms with Crippen molar-refractivity contribution in [3.63, 3.8) is 0 Å². The Kier molecular flexibility index (Phi) is 8.89. The predicted octanol–water partition coefficient (Wildman–Crippen LogP) is 3.03. The molecule has 2 heterocycles. The Balaban J connectivity index is 0.00000156. The van der Waals surface area contributed by atoms with E-state index in [2.05, 4.69) is 45.2 Å². The number of amides is 1. The van der Waals surface area contributed by atoms with Crippen molar-refractivity contribution in [1.29, 1.82) is 0 Å². The van der Waals surface area contributed by atoms with Gasteiger partial charge in [-0.05, 0) is 43.1 Å². The van der Waals surface area contributed by atoms with Gasteiger partial charge in [0.05, 0.1) is 12.1 Å². The number of hydrogen-bond acceptors (Lipinski definition) is 4. The molecule has 25 heavy (non-hydrogen) atoms. The largest absolute Gasteiger partial charge is 0.353 e. The Labute approximate surface area is 165 Å². The van der Waals surface area contributed by atoms with E-state index in [9.17, 15) is 4.79 Å². The van der Waals surface area contributed by atoms with Gasteiger partial charge in [0.1, 0.15) is 0 Å². The van der Waals surface area contributed by atoms with E-state index in [1.54, 1.807) is 11.3 Å². The molecule has 1 aliphatic heterocycles. The second-order valence-electron chi connectivity index (χ2n) is 6.15. The molecule has 1 aromatic carbocycles. The molecule has 0 fully saturated rings. The molecule has 2 atom stereocenters. The lowest BCUT2D eigenvalue weighted by atomic mass is 9.95. The van der Waals surface area contributed by atoms with Crippen molar-refractivity contribution in [2.75, 3.05) is 20.6 Å². The van der Waals surface area contributed by atoms with Gasteiger partial charge < -0.3 is 15.5 Å². The standard InChI is InChI=1S/C18H23N3OS.2ClH/c1-21(2)16(17-8-5-9-23-17)12-20-18(22)15-10-13-6-3-4-7-14(13)11-19-15;;/h3-9,15-16,19H,10-12H2,1-2H3,(H,20,22);2*1H. The summed E-state index contributed by atoms with van der Waals surface area (Å²) in [6.45, 7) is 1.39. The number of rotatable bonds is 5. The van der Waals surface area contributed by atoms with Crippen LogP contribution in [0.1, 0.15) is 22.0 Å². The third-order valence-corrected chi connectivity index (χ3v) is 5.34. The quantitative estimate of drug-likeness (QED) is 0.808. The average Bonchev–Trinajstić information content (AvgIpc) is 3.08. The van der Waals surface area contributed by atoms with Gasteiger partial charge in [0.2, 0.25) is 5.91 Å². The zero-order valence-electron chi connectivity index (χ0n) is 14.4. The Bertz CT molecular complexity index is 664. The number of fused-ring (bicyclic) bond motifs is 1. The van der Waals surface area contributed by atoms with Crippen LogP contribution in [-0.2, 0) is 17.8 Å². The van der Waals surface area contributed by atoms with Crippen LogP contribution in [0.25, 0.3) is 0 Å². The summed E-state index contributed by atoms with van der Waals surface area (Å²) in [6.07, 6.45) is 0.758. The van der Waals surface area contributed by atoms with E-state index in [1.165, 1.54) is 16.0 Å². The summed E-state index contributed by atoms with van der Waals surface area (Å²) in [5, 5.41) is 8.53. The number of likely N-dealkylation sites (N-methyl/N-ethyl adjacent to an activating group) is 1. The summed E-state index contributed by atoms with van der Waals surface area (Å²) in [4.78, 5) is 15.9. The minimum Gasteiger partial charge on any atom is -0.353 e. The molecule has 138 valence electrons. The Morgan fingerprint density at radius 1 is 1.24 bits per heavy atom. The monoisotopic (exact) mass is 401 g/mol. The lowest BCUT2D eigenvalue weighted by molar-refractivity contribution is -0.123. The van der Waals surface area contributed by atoms with Crippen LogP contribution in [-0.4, -0.2) is 37.5 Å². The summed E-state index contributed by atoms with van der Waals surface area (Å²) in [6, 6.07) is 12.6. The maximum atomic E-state index is 12.5. The van der Waals surface area contributed by atoms with Crippen molar-refractivity contribution in [3.8, 4) is 0 Å². The molecule has 0 radical (unpaired) electrons. The van der Waals surface area contributed by atoms with Gasteiger partial charge in [-0.2, -0.15) is 0 Å². The molecule has 0 saturated carbocycles. The van der Waals surface area contributed by atoms with Crippen molar-refractivity contribution >= 4 is 42.1 Å². The zero-order valence-corrected chi connectivity index (χ0v) is 16.8. The number of carbonyl (C=O) groups excluding carboxylic acids is 1. The number of thiophene rings is 1. The van der Waals surface area contributed by atoms with Crippen LogP contribution >= 0.6 is 36.2 Å². The molecule has 2 N–H and O–H groups in total. The molecule has 0 bridgehead atoms. The van der Waals surface area contributed by atoms with Gasteiger partial charge in [-0.15, -0.1) is 36.2 Å². The maximum Gasteiger partial charge on any atom is 0.237 e. The Hall–Kier alpha value is -1.11. The molecular formula is C18H25Cl2N3OS. The normalized spacial score (nSPS) is 17.0. The number of carbonyl (C=O) groups is 1. The van der Waals surface area contributed by atoms with Gasteiger partial charge in [0.25, 0.3) is 0 Å². The highest BCUT2D eigenvalue weighted by Gasteiger charge is 2.25. The van der Waals surface area contributed by atoms with Gasteiger partial charge >= 0.3 is 0 Å². The van der Waals surface area contributed by atoms with Crippen molar-refractivity contribution in [2.45, 2.75) is 25.0 Å². The van der Waals surface area contributed by atoms with Crippen molar-refractivity contribution < 1.29 is 4.79 Å². The van der Waals surface area contributed by atoms with Gasteiger partial charge in [0, 0.05) is 18.0 Å². The number of nitrogens with zero attached hydrogens (tertiary/aromatic N) is 1.